The molecule has 116 valence electrons. The Bertz CT molecular complexity index is 562. The number of guanidine groups is 1. The largest absolute Gasteiger partial charge is 0.347 e. The Morgan fingerprint density at radius 2 is 1.65 bits per heavy atom. The molecule has 1 heterocycles. The second kappa shape index (κ2) is 8.46. The van der Waals surface area contributed by atoms with Gasteiger partial charge >= 0.3 is 0 Å². The fourth-order valence-electron chi connectivity index (χ4n) is 0.985. The van der Waals surface area contributed by atoms with Crippen molar-refractivity contribution < 1.29 is 28.9 Å². The van der Waals surface area contributed by atoms with Gasteiger partial charge in [0.1, 0.15) is 0 Å². The van der Waals surface area contributed by atoms with Crippen LogP contribution in [0.1, 0.15) is 0 Å². The van der Waals surface area contributed by atoms with E-state index >= 15 is 0 Å². The number of rotatable bonds is 0. The molecule has 0 aliphatic heterocycles. The molecule has 12 heteroatoms. The van der Waals surface area contributed by atoms with Crippen LogP contribution in [0.25, 0.3) is 0 Å². The molecule has 1 aromatic heterocycles. The van der Waals surface area contributed by atoms with Gasteiger partial charge in [-0.1, -0.05) is 0 Å². The zero-order chi connectivity index (χ0) is 15.9. The van der Waals surface area contributed by atoms with Gasteiger partial charge in [0.05, 0.1) is 14.9 Å². The van der Waals surface area contributed by atoms with E-state index in [9.17, 15) is 0 Å². The minimum absolute atomic E-state index is 0.710. The van der Waals surface area contributed by atoms with Gasteiger partial charge in [0.25, 0.3) is 0 Å². The zero-order valence-corrected chi connectivity index (χ0v) is 14.0. The lowest BCUT2D eigenvalue weighted by molar-refractivity contribution is -1.92. The number of hydrogen-bond donors (Lipinski definition) is 1. The van der Waals surface area contributed by atoms with Crippen molar-refractivity contribution in [3.05, 3.63) is 9.60 Å². The van der Waals surface area contributed by atoms with E-state index in [4.69, 9.17) is 18.6 Å². The van der Waals surface area contributed by atoms with E-state index in [-0.39, 0.29) is 0 Å². The van der Waals surface area contributed by atoms with Crippen molar-refractivity contribution in [2.75, 3.05) is 28.2 Å². The van der Waals surface area contributed by atoms with E-state index in [1.807, 2.05) is 30.6 Å². The summed E-state index contributed by atoms with van der Waals surface area (Å²) in [7, 11) is 7.84. The van der Waals surface area contributed by atoms with Crippen molar-refractivity contribution in [1.29, 1.82) is 0 Å². The number of hydrogen-bond acceptors (Lipinski definition) is 8. The molecule has 0 aliphatic rings. The molecule has 0 saturated carbocycles. The third-order valence-electron chi connectivity index (χ3n) is 1.75. The van der Waals surface area contributed by atoms with E-state index in [0.29, 0.717) is 5.96 Å². The van der Waals surface area contributed by atoms with Crippen LogP contribution >= 0.6 is 20.7 Å². The molecule has 1 aromatic rings. The van der Waals surface area contributed by atoms with Crippen LogP contribution in [0, 0.1) is 10.2 Å². The maximum atomic E-state index is 8.60. The first-order valence-electron chi connectivity index (χ1n) is 5.01. The highest BCUT2D eigenvalue weighted by Crippen LogP contribution is 1.92. The lowest BCUT2D eigenvalue weighted by Gasteiger charge is -2.08. The predicted molar refractivity (Wildman–Crippen MR) is 67.5 cm³/mol. The van der Waals surface area contributed by atoms with Crippen LogP contribution in [0.2, 0.25) is 0 Å². The van der Waals surface area contributed by atoms with Gasteiger partial charge in [-0.15, -0.1) is 0 Å². The Kier molecular flexibility index (Phi) is 8.12. The highest BCUT2D eigenvalue weighted by atomic mass is 35.7. The third-order valence-corrected chi connectivity index (χ3v) is 4.10. The van der Waals surface area contributed by atoms with Gasteiger partial charge in [0.15, 0.2) is 4.80 Å². The van der Waals surface area contributed by atoms with Gasteiger partial charge in [0.2, 0.25) is 10.8 Å². The fourth-order valence-corrected chi connectivity index (χ4v) is 3.23. The molecule has 9 nitrogen and oxygen atoms in total. The molecular formula is C8H16ClN5O4S2. The Hall–Kier alpha value is -0.820. The van der Waals surface area contributed by atoms with E-state index in [0.717, 1.165) is 9.60 Å². The molecule has 0 amide bonds. The number of nitrogens with zero attached hydrogens (tertiary/aromatic N) is 5. The molecular weight excluding hydrogens is 330 g/mol. The lowest BCUT2D eigenvalue weighted by atomic mass is 10.8. The fraction of sp³-hybridized carbons (Fsp3) is 0.625. The number of aromatic nitrogens is 1. The van der Waals surface area contributed by atoms with Crippen LogP contribution in [0.5, 0.6) is 0 Å². The highest BCUT2D eigenvalue weighted by Gasteiger charge is 2.00. The molecule has 1 N–H and O–H groups in total. The second-order valence-electron chi connectivity index (χ2n) is 3.44. The SMILES string of the molecule is CN=C(/N=c1\ssc(=NC)n1C)N(C)C.[O-][Cl+3]([O-])([O-])O. The highest BCUT2D eigenvalue weighted by molar-refractivity contribution is 7.67. The number of halogens is 1. The normalized spacial score (nSPS) is 14.2. The first-order valence-corrected chi connectivity index (χ1v) is 8.42. The van der Waals surface area contributed by atoms with Gasteiger partial charge in [0, 0.05) is 35.2 Å². The molecule has 0 radical (unpaired) electrons. The average molecular weight is 346 g/mol. The Morgan fingerprint density at radius 1 is 1.20 bits per heavy atom. The predicted octanol–water partition coefficient (Wildman–Crippen LogP) is -4.00. The maximum absolute atomic E-state index is 8.60. The quantitative estimate of drug-likeness (QED) is 0.290. The van der Waals surface area contributed by atoms with Crippen molar-refractivity contribution in [3.63, 3.8) is 0 Å². The molecule has 0 aliphatic carbocycles. The van der Waals surface area contributed by atoms with Gasteiger partial charge in [-0.25, -0.2) is 0 Å². The monoisotopic (exact) mass is 345 g/mol. The van der Waals surface area contributed by atoms with Crippen LogP contribution in [0.3, 0.4) is 0 Å². The van der Waals surface area contributed by atoms with Crippen LogP contribution in [0.15, 0.2) is 15.0 Å². The Balaban J connectivity index is 0.000000621. The van der Waals surface area contributed by atoms with Crippen molar-refractivity contribution in [1.82, 2.24) is 9.47 Å². The molecule has 0 atom stereocenters. The van der Waals surface area contributed by atoms with E-state index in [1.54, 1.807) is 34.8 Å². The van der Waals surface area contributed by atoms with E-state index < -0.39 is 10.2 Å². The summed E-state index contributed by atoms with van der Waals surface area (Å²) < 4.78 is 34.7. The van der Waals surface area contributed by atoms with Crippen molar-refractivity contribution in [2.24, 2.45) is 22.0 Å². The van der Waals surface area contributed by atoms with Crippen LogP contribution < -0.4 is 23.6 Å². The van der Waals surface area contributed by atoms with E-state index in [1.165, 1.54) is 0 Å². The molecule has 0 spiro atoms. The van der Waals surface area contributed by atoms with Gasteiger partial charge in [-0.05, 0) is 20.7 Å². The summed E-state index contributed by atoms with van der Waals surface area (Å²) >= 11 is 0. The first kappa shape index (κ1) is 19.2. The molecule has 20 heavy (non-hydrogen) atoms. The van der Waals surface area contributed by atoms with Gasteiger partial charge < -0.3 is 4.90 Å². The summed E-state index contributed by atoms with van der Waals surface area (Å²) in [6, 6.07) is 0. The molecule has 0 bridgehead atoms. The average Bonchev–Trinajstić information content (AvgIpc) is 2.64. The van der Waals surface area contributed by atoms with Crippen molar-refractivity contribution in [2.45, 2.75) is 0 Å². The van der Waals surface area contributed by atoms with Crippen molar-refractivity contribution >= 4 is 26.6 Å². The summed E-state index contributed by atoms with van der Waals surface area (Å²) in [5, 5.41) is 0. The van der Waals surface area contributed by atoms with Crippen LogP contribution in [-0.2, 0) is 7.05 Å². The maximum Gasteiger partial charge on any atom is 0.222 e. The lowest BCUT2D eigenvalue weighted by Crippen LogP contribution is -2.58. The standard InChI is InChI=1S/C8H15N5S2.ClHO4/c1-9-6(12(3)4)11-8-13(5)7(10-2)14-15-8;2-1(3,4)5/h1-5H3;(H,2,3,4,5)/b9-6?,10-7?,11-8-;. The zero-order valence-electron chi connectivity index (χ0n) is 11.6. The first-order chi connectivity index (χ1) is 9.10. The molecule has 0 saturated heterocycles. The van der Waals surface area contributed by atoms with Gasteiger partial charge in [-0.3, -0.25) is 14.6 Å². The summed E-state index contributed by atoms with van der Waals surface area (Å²) in [6.07, 6.45) is 0. The molecule has 0 unspecified atom stereocenters. The summed E-state index contributed by atoms with van der Waals surface area (Å²) in [5.74, 6) is 0.710. The minimum Gasteiger partial charge on any atom is -0.347 e. The number of aliphatic imine (C=N–C) groups is 1. The molecule has 0 aromatic carbocycles. The Morgan fingerprint density at radius 3 is 1.95 bits per heavy atom. The smallest absolute Gasteiger partial charge is 0.222 e. The summed E-state index contributed by atoms with van der Waals surface area (Å²) in [4.78, 5) is 16.5. The topological polar surface area (TPSA) is 135 Å². The molecule has 0 fully saturated rings. The van der Waals surface area contributed by atoms with Crippen LogP contribution in [0.4, 0.5) is 0 Å². The summed E-state index contributed by atoms with van der Waals surface area (Å²) in [6.45, 7) is 0. The Labute approximate surface area is 125 Å². The molecule has 1 rings (SSSR count). The van der Waals surface area contributed by atoms with Gasteiger partial charge in [-0.2, -0.15) is 19.0 Å². The summed E-state index contributed by atoms with van der Waals surface area (Å²) in [5.41, 5.74) is 0. The van der Waals surface area contributed by atoms with Crippen LogP contribution in [-0.4, -0.2) is 48.3 Å². The van der Waals surface area contributed by atoms with Crippen molar-refractivity contribution in [3.8, 4) is 0 Å². The second-order valence-corrected chi connectivity index (χ2v) is 6.30. The third kappa shape index (κ3) is 7.69. The van der Waals surface area contributed by atoms with E-state index in [2.05, 4.69) is 15.0 Å². The minimum atomic E-state index is -4.69.